The third-order valence-corrected chi connectivity index (χ3v) is 4.00. The van der Waals surface area contributed by atoms with Crippen LogP contribution in [-0.2, 0) is 12.8 Å². The SMILES string of the molecule is CC(Nc1nc2c(cc1C#N)CCCC2)c1cncc(F)c1. The Bertz CT molecular complexity index is 736. The van der Waals surface area contributed by atoms with Gasteiger partial charge in [0.15, 0.2) is 0 Å². The zero-order chi connectivity index (χ0) is 15.5. The van der Waals surface area contributed by atoms with Gasteiger partial charge < -0.3 is 5.32 Å². The average molecular weight is 296 g/mol. The maximum Gasteiger partial charge on any atom is 0.144 e. The summed E-state index contributed by atoms with van der Waals surface area (Å²) in [6.07, 6.45) is 7.01. The van der Waals surface area contributed by atoms with Crippen molar-refractivity contribution < 1.29 is 4.39 Å². The monoisotopic (exact) mass is 296 g/mol. The highest BCUT2D eigenvalue weighted by Gasteiger charge is 2.17. The molecule has 0 fully saturated rings. The molecule has 1 N–H and O–H groups in total. The van der Waals surface area contributed by atoms with E-state index in [1.54, 1.807) is 6.20 Å². The number of pyridine rings is 2. The van der Waals surface area contributed by atoms with Crippen molar-refractivity contribution in [2.24, 2.45) is 0 Å². The van der Waals surface area contributed by atoms with Crippen LogP contribution in [0.5, 0.6) is 0 Å². The second-order valence-corrected chi connectivity index (χ2v) is 5.61. The lowest BCUT2D eigenvalue weighted by atomic mass is 9.95. The van der Waals surface area contributed by atoms with E-state index in [4.69, 9.17) is 0 Å². The predicted octanol–water partition coefficient (Wildman–Crippen LogP) is 3.54. The van der Waals surface area contributed by atoms with E-state index >= 15 is 0 Å². The van der Waals surface area contributed by atoms with E-state index in [9.17, 15) is 9.65 Å². The summed E-state index contributed by atoms with van der Waals surface area (Å²) in [6, 6.07) is 5.39. The van der Waals surface area contributed by atoms with Gasteiger partial charge in [0.1, 0.15) is 17.7 Å². The smallest absolute Gasteiger partial charge is 0.144 e. The van der Waals surface area contributed by atoms with E-state index in [2.05, 4.69) is 21.4 Å². The van der Waals surface area contributed by atoms with E-state index in [-0.39, 0.29) is 11.9 Å². The minimum absolute atomic E-state index is 0.176. The third kappa shape index (κ3) is 2.91. The minimum atomic E-state index is -0.370. The lowest BCUT2D eigenvalue weighted by Gasteiger charge is -2.20. The Balaban J connectivity index is 1.90. The summed E-state index contributed by atoms with van der Waals surface area (Å²) in [6.45, 7) is 1.90. The van der Waals surface area contributed by atoms with Crippen LogP contribution >= 0.6 is 0 Å². The first kappa shape index (κ1) is 14.5. The van der Waals surface area contributed by atoms with Gasteiger partial charge in [-0.3, -0.25) is 4.98 Å². The number of aryl methyl sites for hydroxylation is 2. The first-order valence-corrected chi connectivity index (χ1v) is 7.47. The van der Waals surface area contributed by atoms with Crippen LogP contribution < -0.4 is 5.32 Å². The summed E-state index contributed by atoms with van der Waals surface area (Å²) in [7, 11) is 0. The van der Waals surface area contributed by atoms with Gasteiger partial charge in [-0.05, 0) is 55.9 Å². The molecule has 2 heterocycles. The summed E-state index contributed by atoms with van der Waals surface area (Å²) in [5, 5.41) is 12.6. The molecule has 0 spiro atoms. The van der Waals surface area contributed by atoms with Gasteiger partial charge in [0, 0.05) is 11.9 Å². The highest BCUT2D eigenvalue weighted by Crippen LogP contribution is 2.26. The van der Waals surface area contributed by atoms with Crippen molar-refractivity contribution in [1.29, 1.82) is 5.26 Å². The maximum absolute atomic E-state index is 13.3. The number of nitrogens with one attached hydrogen (secondary N) is 1. The maximum atomic E-state index is 13.3. The summed E-state index contributed by atoms with van der Waals surface area (Å²) in [4.78, 5) is 8.48. The topological polar surface area (TPSA) is 61.6 Å². The summed E-state index contributed by atoms with van der Waals surface area (Å²) >= 11 is 0. The minimum Gasteiger partial charge on any atom is -0.362 e. The number of fused-ring (bicyclic) bond motifs is 1. The average Bonchev–Trinajstić information content (AvgIpc) is 2.54. The highest BCUT2D eigenvalue weighted by molar-refractivity contribution is 5.55. The summed E-state index contributed by atoms with van der Waals surface area (Å²) in [5.41, 5.74) is 3.51. The zero-order valence-corrected chi connectivity index (χ0v) is 12.4. The third-order valence-electron chi connectivity index (χ3n) is 4.00. The molecule has 4 nitrogen and oxygen atoms in total. The first-order chi connectivity index (χ1) is 10.7. The van der Waals surface area contributed by atoms with Crippen molar-refractivity contribution in [2.45, 2.75) is 38.6 Å². The van der Waals surface area contributed by atoms with Crippen LogP contribution in [0.25, 0.3) is 0 Å². The van der Waals surface area contributed by atoms with Crippen molar-refractivity contribution in [3.63, 3.8) is 0 Å². The molecule has 0 saturated heterocycles. The Morgan fingerprint density at radius 1 is 1.27 bits per heavy atom. The molecule has 0 aliphatic heterocycles. The number of aromatic nitrogens is 2. The molecule has 3 rings (SSSR count). The standard InChI is InChI=1S/C17H17FN4/c1-11(14-7-15(18)10-20-9-14)21-17-13(8-19)6-12-4-2-3-5-16(12)22-17/h6-7,9-11H,2-5H2,1H3,(H,21,22). The van der Waals surface area contributed by atoms with E-state index in [1.165, 1.54) is 17.8 Å². The molecule has 0 aromatic carbocycles. The molecular weight excluding hydrogens is 279 g/mol. The van der Waals surface area contributed by atoms with E-state index in [0.717, 1.165) is 36.9 Å². The molecular formula is C17H17FN4. The van der Waals surface area contributed by atoms with E-state index in [1.807, 2.05) is 13.0 Å². The van der Waals surface area contributed by atoms with Crippen LogP contribution in [0.15, 0.2) is 24.5 Å². The van der Waals surface area contributed by atoms with Crippen molar-refractivity contribution in [2.75, 3.05) is 5.32 Å². The largest absolute Gasteiger partial charge is 0.362 e. The Morgan fingerprint density at radius 3 is 2.86 bits per heavy atom. The molecule has 1 aliphatic carbocycles. The number of anilines is 1. The lowest BCUT2D eigenvalue weighted by Crippen LogP contribution is -2.13. The van der Waals surface area contributed by atoms with Gasteiger partial charge in [-0.1, -0.05) is 0 Å². The second-order valence-electron chi connectivity index (χ2n) is 5.61. The molecule has 0 amide bonds. The number of nitrogens with zero attached hydrogens (tertiary/aromatic N) is 3. The predicted molar refractivity (Wildman–Crippen MR) is 81.8 cm³/mol. The Hall–Kier alpha value is -2.48. The van der Waals surface area contributed by atoms with Gasteiger partial charge >= 0.3 is 0 Å². The Kier molecular flexibility index (Phi) is 4.01. The molecule has 0 bridgehead atoms. The van der Waals surface area contributed by atoms with Crippen molar-refractivity contribution >= 4 is 5.82 Å². The molecule has 1 aliphatic rings. The number of hydrogen-bond acceptors (Lipinski definition) is 4. The fraction of sp³-hybridized carbons (Fsp3) is 0.353. The van der Waals surface area contributed by atoms with Crippen LogP contribution in [0, 0.1) is 17.1 Å². The first-order valence-electron chi connectivity index (χ1n) is 7.47. The van der Waals surface area contributed by atoms with Gasteiger partial charge in [0.25, 0.3) is 0 Å². The molecule has 22 heavy (non-hydrogen) atoms. The van der Waals surface area contributed by atoms with Crippen molar-refractivity contribution in [1.82, 2.24) is 9.97 Å². The van der Waals surface area contributed by atoms with Crippen LogP contribution in [0.1, 0.15) is 48.2 Å². The number of nitriles is 1. The fourth-order valence-electron chi connectivity index (χ4n) is 2.78. The normalized spacial score (nSPS) is 14.8. The quantitative estimate of drug-likeness (QED) is 0.941. The van der Waals surface area contributed by atoms with Crippen LogP contribution in [-0.4, -0.2) is 9.97 Å². The molecule has 2 aromatic rings. The van der Waals surface area contributed by atoms with Crippen LogP contribution in [0.3, 0.4) is 0 Å². The van der Waals surface area contributed by atoms with Gasteiger partial charge in [-0.2, -0.15) is 5.26 Å². The van der Waals surface area contributed by atoms with E-state index in [0.29, 0.717) is 11.4 Å². The summed E-state index contributed by atoms with van der Waals surface area (Å²) < 4.78 is 13.3. The van der Waals surface area contributed by atoms with Crippen LogP contribution in [0.4, 0.5) is 10.2 Å². The molecule has 112 valence electrons. The molecule has 1 atom stereocenters. The lowest BCUT2D eigenvalue weighted by molar-refractivity contribution is 0.616. The van der Waals surface area contributed by atoms with E-state index < -0.39 is 0 Å². The fourth-order valence-corrected chi connectivity index (χ4v) is 2.78. The Labute approximate surface area is 129 Å². The Morgan fingerprint density at radius 2 is 2.09 bits per heavy atom. The molecule has 0 saturated carbocycles. The van der Waals surface area contributed by atoms with Crippen molar-refractivity contribution in [3.05, 3.63) is 52.7 Å². The highest BCUT2D eigenvalue weighted by atomic mass is 19.1. The summed E-state index contributed by atoms with van der Waals surface area (Å²) in [5.74, 6) is 0.199. The molecule has 1 unspecified atom stereocenters. The zero-order valence-electron chi connectivity index (χ0n) is 12.4. The molecule has 2 aromatic heterocycles. The van der Waals surface area contributed by atoms with Gasteiger partial charge in [-0.25, -0.2) is 9.37 Å². The number of hydrogen-bond donors (Lipinski definition) is 1. The van der Waals surface area contributed by atoms with Gasteiger partial charge in [-0.15, -0.1) is 0 Å². The molecule has 0 radical (unpaired) electrons. The van der Waals surface area contributed by atoms with Gasteiger partial charge in [0.05, 0.1) is 17.8 Å². The molecule has 5 heteroatoms. The second kappa shape index (κ2) is 6.10. The van der Waals surface area contributed by atoms with Crippen LogP contribution in [0.2, 0.25) is 0 Å². The number of halogens is 1. The number of rotatable bonds is 3. The van der Waals surface area contributed by atoms with Crippen molar-refractivity contribution in [3.8, 4) is 6.07 Å². The van der Waals surface area contributed by atoms with Gasteiger partial charge in [0.2, 0.25) is 0 Å².